The molecule has 1 saturated carbocycles. The molecule has 1 fully saturated rings. The monoisotopic (exact) mass is 389 g/mol. The molecule has 0 aromatic heterocycles. The van der Waals surface area contributed by atoms with Crippen LogP contribution in [-0.4, -0.2) is 12.2 Å². The molecule has 1 aliphatic carbocycles. The Morgan fingerprint density at radius 1 is 1.05 bits per heavy atom. The van der Waals surface area contributed by atoms with Crippen LogP contribution in [-0.2, 0) is 0 Å². The lowest BCUT2D eigenvalue weighted by Gasteiger charge is -2.31. The number of alkyl halides is 3. The van der Waals surface area contributed by atoms with E-state index in [4.69, 9.17) is 23.2 Å². The molecule has 1 aliphatic rings. The number of nitrogens with one attached hydrogen (secondary N) is 1. The normalized spacial score (nSPS) is 23.7. The third-order valence-electron chi connectivity index (χ3n) is 3.58. The van der Waals surface area contributed by atoms with Crippen molar-refractivity contribution in [3.05, 3.63) is 26.7 Å². The van der Waals surface area contributed by atoms with E-state index in [-0.39, 0.29) is 18.9 Å². The molecule has 0 unspecified atom stereocenters. The van der Waals surface area contributed by atoms with Crippen LogP contribution < -0.4 is 5.32 Å². The molecular formula is C13H13BrCl2F3N. The van der Waals surface area contributed by atoms with Crippen molar-refractivity contribution in [1.29, 1.82) is 0 Å². The summed E-state index contributed by atoms with van der Waals surface area (Å²) in [6.07, 6.45) is -2.81. The maximum Gasteiger partial charge on any atom is 0.391 e. The standard InChI is InChI=1S/C13H13BrCl2F3N/c14-9-5-6-10(12(16)11(9)15)20-8-3-1-7(2-4-8)13(17,18)19/h5-8,20H,1-4H2. The van der Waals surface area contributed by atoms with Crippen molar-refractivity contribution >= 4 is 44.8 Å². The van der Waals surface area contributed by atoms with Gasteiger partial charge in [0.1, 0.15) is 0 Å². The predicted octanol–water partition coefficient (Wildman–Crippen LogP) is 6.29. The second-order valence-corrected chi connectivity index (χ2v) is 6.57. The summed E-state index contributed by atoms with van der Waals surface area (Å²) in [4.78, 5) is 0. The Hall–Kier alpha value is -0.130. The van der Waals surface area contributed by atoms with Gasteiger partial charge in [-0.1, -0.05) is 23.2 Å². The Morgan fingerprint density at radius 2 is 1.65 bits per heavy atom. The van der Waals surface area contributed by atoms with Gasteiger partial charge in [-0.15, -0.1) is 0 Å². The van der Waals surface area contributed by atoms with Crippen LogP contribution in [0.5, 0.6) is 0 Å². The van der Waals surface area contributed by atoms with Gasteiger partial charge in [0.15, 0.2) is 0 Å². The average molecular weight is 391 g/mol. The Kier molecular flexibility index (Phi) is 5.14. The SMILES string of the molecule is FC(F)(F)C1CCC(Nc2ccc(Br)c(Cl)c2Cl)CC1. The van der Waals surface area contributed by atoms with Gasteiger partial charge < -0.3 is 5.32 Å². The third-order valence-corrected chi connectivity index (χ3v) is 5.36. The van der Waals surface area contributed by atoms with Crippen LogP contribution in [0.3, 0.4) is 0 Å². The molecule has 1 N–H and O–H groups in total. The van der Waals surface area contributed by atoms with Crippen molar-refractivity contribution in [3.8, 4) is 0 Å². The second-order valence-electron chi connectivity index (χ2n) is 4.96. The molecule has 7 heteroatoms. The van der Waals surface area contributed by atoms with Crippen molar-refractivity contribution < 1.29 is 13.2 Å². The van der Waals surface area contributed by atoms with Gasteiger partial charge in [-0.2, -0.15) is 13.2 Å². The van der Waals surface area contributed by atoms with Crippen molar-refractivity contribution in [2.75, 3.05) is 5.32 Å². The topological polar surface area (TPSA) is 12.0 Å². The summed E-state index contributed by atoms with van der Waals surface area (Å²) in [5.41, 5.74) is 0.662. The molecule has 0 radical (unpaired) electrons. The summed E-state index contributed by atoms with van der Waals surface area (Å²) in [6, 6.07) is 3.54. The van der Waals surface area contributed by atoms with Crippen LogP contribution >= 0.6 is 39.1 Å². The molecule has 1 aromatic carbocycles. The number of hydrogen-bond acceptors (Lipinski definition) is 1. The van der Waals surface area contributed by atoms with E-state index < -0.39 is 12.1 Å². The summed E-state index contributed by atoms with van der Waals surface area (Å²) in [5, 5.41) is 3.98. The number of anilines is 1. The molecule has 20 heavy (non-hydrogen) atoms. The second kappa shape index (κ2) is 6.32. The van der Waals surface area contributed by atoms with Crippen LogP contribution in [0.25, 0.3) is 0 Å². The zero-order chi connectivity index (χ0) is 14.9. The van der Waals surface area contributed by atoms with E-state index in [9.17, 15) is 13.2 Å². The fourth-order valence-electron chi connectivity index (χ4n) is 2.42. The van der Waals surface area contributed by atoms with Crippen LogP contribution in [0, 0.1) is 5.92 Å². The summed E-state index contributed by atoms with van der Waals surface area (Å²) in [6.45, 7) is 0. The third kappa shape index (κ3) is 3.74. The molecule has 0 aliphatic heterocycles. The Morgan fingerprint density at radius 3 is 2.20 bits per heavy atom. The maximum absolute atomic E-state index is 12.6. The van der Waals surface area contributed by atoms with Crippen molar-refractivity contribution in [1.82, 2.24) is 0 Å². The smallest absolute Gasteiger partial charge is 0.381 e. The first kappa shape index (κ1) is 16.2. The lowest BCUT2D eigenvalue weighted by atomic mass is 9.85. The predicted molar refractivity (Wildman–Crippen MR) is 79.6 cm³/mol. The van der Waals surface area contributed by atoms with Gasteiger partial charge in [0.05, 0.1) is 21.7 Å². The van der Waals surface area contributed by atoms with Crippen LogP contribution in [0.2, 0.25) is 10.0 Å². The van der Waals surface area contributed by atoms with Gasteiger partial charge in [0.2, 0.25) is 0 Å². The van der Waals surface area contributed by atoms with Crippen molar-refractivity contribution in [2.45, 2.75) is 37.9 Å². The van der Waals surface area contributed by atoms with Crippen LogP contribution in [0.1, 0.15) is 25.7 Å². The summed E-state index contributed by atoms with van der Waals surface area (Å²) in [5.74, 6) is -1.18. The van der Waals surface area contributed by atoms with Gasteiger partial charge in [0.25, 0.3) is 0 Å². The number of hydrogen-bond donors (Lipinski definition) is 1. The zero-order valence-electron chi connectivity index (χ0n) is 10.4. The summed E-state index contributed by atoms with van der Waals surface area (Å²) in [7, 11) is 0. The molecule has 2 rings (SSSR count). The Balaban J connectivity index is 1.98. The molecule has 1 aromatic rings. The fraction of sp³-hybridized carbons (Fsp3) is 0.538. The first-order chi connectivity index (χ1) is 9.29. The minimum Gasteiger partial charge on any atom is -0.381 e. The van der Waals surface area contributed by atoms with Crippen molar-refractivity contribution in [3.63, 3.8) is 0 Å². The molecular weight excluding hydrogens is 378 g/mol. The summed E-state index contributed by atoms with van der Waals surface area (Å²) < 4.78 is 38.5. The average Bonchev–Trinajstić information content (AvgIpc) is 2.39. The zero-order valence-corrected chi connectivity index (χ0v) is 13.5. The molecule has 0 spiro atoms. The number of benzene rings is 1. The first-order valence-electron chi connectivity index (χ1n) is 6.25. The van der Waals surface area contributed by atoms with Gasteiger partial charge in [-0.05, 0) is 53.7 Å². The number of rotatable bonds is 2. The largest absolute Gasteiger partial charge is 0.391 e. The lowest BCUT2D eigenvalue weighted by molar-refractivity contribution is -0.182. The molecule has 0 saturated heterocycles. The minimum atomic E-state index is -4.08. The van der Waals surface area contributed by atoms with Gasteiger partial charge in [-0.25, -0.2) is 0 Å². The van der Waals surface area contributed by atoms with E-state index in [1.807, 2.05) is 0 Å². The number of halogens is 6. The summed E-state index contributed by atoms with van der Waals surface area (Å²) >= 11 is 15.4. The first-order valence-corrected chi connectivity index (χ1v) is 7.80. The van der Waals surface area contributed by atoms with E-state index in [0.717, 1.165) is 0 Å². The molecule has 0 amide bonds. The molecule has 112 valence electrons. The van der Waals surface area contributed by atoms with E-state index in [1.165, 1.54) is 0 Å². The van der Waals surface area contributed by atoms with Gasteiger partial charge in [-0.3, -0.25) is 0 Å². The molecule has 0 bridgehead atoms. The van der Waals surface area contributed by atoms with Gasteiger partial charge in [0, 0.05) is 10.5 Å². The van der Waals surface area contributed by atoms with E-state index in [1.54, 1.807) is 12.1 Å². The van der Waals surface area contributed by atoms with Crippen LogP contribution in [0.4, 0.5) is 18.9 Å². The van der Waals surface area contributed by atoms with E-state index >= 15 is 0 Å². The van der Waals surface area contributed by atoms with E-state index in [2.05, 4.69) is 21.2 Å². The molecule has 0 heterocycles. The minimum absolute atomic E-state index is 0.00309. The maximum atomic E-state index is 12.6. The fourth-order valence-corrected chi connectivity index (χ4v) is 3.25. The highest BCUT2D eigenvalue weighted by atomic mass is 79.9. The Bertz CT molecular complexity index is 485. The van der Waals surface area contributed by atoms with Gasteiger partial charge >= 0.3 is 6.18 Å². The van der Waals surface area contributed by atoms with Crippen molar-refractivity contribution in [2.24, 2.45) is 5.92 Å². The lowest BCUT2D eigenvalue weighted by Crippen LogP contribution is -2.32. The Labute approximate surface area is 134 Å². The highest BCUT2D eigenvalue weighted by Gasteiger charge is 2.41. The van der Waals surface area contributed by atoms with Crippen LogP contribution in [0.15, 0.2) is 16.6 Å². The highest BCUT2D eigenvalue weighted by molar-refractivity contribution is 9.10. The van der Waals surface area contributed by atoms with E-state index in [0.29, 0.717) is 33.0 Å². The highest BCUT2D eigenvalue weighted by Crippen LogP contribution is 2.40. The molecule has 1 nitrogen and oxygen atoms in total. The molecule has 0 atom stereocenters. The quantitative estimate of drug-likeness (QED) is 0.585.